The van der Waals surface area contributed by atoms with Gasteiger partial charge in [0, 0.05) is 6.54 Å². The topological polar surface area (TPSA) is 61.9 Å². The summed E-state index contributed by atoms with van der Waals surface area (Å²) in [7, 11) is 0. The van der Waals surface area contributed by atoms with Crippen molar-refractivity contribution in [3.63, 3.8) is 0 Å². The Balaban J connectivity index is 2.08. The first-order valence-electron chi connectivity index (χ1n) is 5.66. The van der Waals surface area contributed by atoms with E-state index >= 15 is 0 Å². The lowest BCUT2D eigenvalue weighted by molar-refractivity contribution is 0.274. The van der Waals surface area contributed by atoms with Crippen LogP contribution in [-0.4, -0.2) is 28.5 Å². The first-order valence-corrected chi connectivity index (χ1v) is 5.66. The van der Waals surface area contributed by atoms with Crippen molar-refractivity contribution in [2.75, 3.05) is 6.54 Å². The van der Waals surface area contributed by atoms with Gasteiger partial charge in [-0.2, -0.15) is 0 Å². The van der Waals surface area contributed by atoms with E-state index in [1.54, 1.807) is 6.07 Å². The first-order chi connectivity index (χ1) is 8.20. The number of rotatable bonds is 3. The van der Waals surface area contributed by atoms with E-state index in [9.17, 15) is 4.39 Å². The number of nitrogens with two attached hydrogens (primary N) is 1. The lowest BCUT2D eigenvalue weighted by Crippen LogP contribution is -2.40. The molecule has 92 valence electrons. The molecule has 0 aromatic heterocycles. The summed E-state index contributed by atoms with van der Waals surface area (Å²) in [5, 5.41) is 11.8. The molecule has 1 atom stereocenters. The van der Waals surface area contributed by atoms with Crippen LogP contribution < -0.4 is 5.73 Å². The van der Waals surface area contributed by atoms with Crippen LogP contribution in [-0.2, 0) is 6.54 Å². The van der Waals surface area contributed by atoms with E-state index in [1.165, 1.54) is 12.1 Å². The molecule has 1 unspecified atom stereocenters. The number of benzene rings is 1. The van der Waals surface area contributed by atoms with E-state index in [1.807, 2.05) is 6.07 Å². The molecule has 1 aromatic rings. The van der Waals surface area contributed by atoms with Crippen LogP contribution in [0.15, 0.2) is 29.4 Å². The maximum atomic E-state index is 13.1. The minimum Gasteiger partial charge on any atom is -0.409 e. The van der Waals surface area contributed by atoms with Crippen LogP contribution in [0, 0.1) is 5.82 Å². The fourth-order valence-corrected chi connectivity index (χ4v) is 2.29. The first kappa shape index (κ1) is 11.9. The molecule has 0 spiro atoms. The molecule has 1 aliphatic heterocycles. The molecular formula is C12H16FN3O. The van der Waals surface area contributed by atoms with Gasteiger partial charge >= 0.3 is 0 Å². The molecule has 1 aromatic carbocycles. The van der Waals surface area contributed by atoms with Crippen LogP contribution in [0.1, 0.15) is 18.4 Å². The molecule has 1 saturated heterocycles. The molecule has 3 N–H and O–H groups in total. The highest BCUT2D eigenvalue weighted by atomic mass is 19.1. The molecule has 17 heavy (non-hydrogen) atoms. The van der Waals surface area contributed by atoms with Gasteiger partial charge in [-0.05, 0) is 37.1 Å². The van der Waals surface area contributed by atoms with E-state index < -0.39 is 0 Å². The Bertz CT molecular complexity index is 422. The van der Waals surface area contributed by atoms with E-state index in [-0.39, 0.29) is 17.7 Å². The van der Waals surface area contributed by atoms with Gasteiger partial charge in [0.25, 0.3) is 0 Å². The third-order valence-corrected chi connectivity index (χ3v) is 3.10. The summed E-state index contributed by atoms with van der Waals surface area (Å²) >= 11 is 0. The largest absolute Gasteiger partial charge is 0.409 e. The lowest BCUT2D eigenvalue weighted by Gasteiger charge is -2.23. The van der Waals surface area contributed by atoms with E-state index in [2.05, 4.69) is 10.1 Å². The quantitative estimate of drug-likeness (QED) is 0.363. The second-order valence-electron chi connectivity index (χ2n) is 4.28. The fraction of sp³-hybridized carbons (Fsp3) is 0.417. The van der Waals surface area contributed by atoms with Crippen LogP contribution >= 0.6 is 0 Å². The summed E-state index contributed by atoms with van der Waals surface area (Å²) < 4.78 is 13.1. The van der Waals surface area contributed by atoms with Gasteiger partial charge in [0.05, 0.1) is 6.04 Å². The lowest BCUT2D eigenvalue weighted by atomic mass is 10.1. The minimum absolute atomic E-state index is 0.0386. The summed E-state index contributed by atoms with van der Waals surface area (Å²) in [6, 6.07) is 6.48. The number of hydrogen-bond donors (Lipinski definition) is 2. The van der Waals surface area contributed by atoms with Gasteiger partial charge in [-0.15, -0.1) is 0 Å². The molecule has 0 amide bonds. The predicted octanol–water partition coefficient (Wildman–Crippen LogP) is 1.54. The van der Waals surface area contributed by atoms with E-state index in [4.69, 9.17) is 10.9 Å². The third kappa shape index (κ3) is 2.74. The Hall–Kier alpha value is -1.62. The standard InChI is InChI=1S/C12H16FN3O/c13-10-4-1-3-9(7-10)8-16-6-2-5-11(16)12(14)15-17/h1,3-4,7,11,17H,2,5-6,8H2,(H2,14,15). The van der Waals surface area contributed by atoms with Gasteiger partial charge in [0.15, 0.2) is 5.84 Å². The zero-order valence-corrected chi connectivity index (χ0v) is 9.51. The number of oxime groups is 1. The zero-order chi connectivity index (χ0) is 12.3. The van der Waals surface area contributed by atoms with Crippen molar-refractivity contribution in [1.82, 2.24) is 4.90 Å². The zero-order valence-electron chi connectivity index (χ0n) is 9.51. The highest BCUT2D eigenvalue weighted by Crippen LogP contribution is 2.20. The molecule has 4 nitrogen and oxygen atoms in total. The van der Waals surface area contributed by atoms with Crippen molar-refractivity contribution in [3.05, 3.63) is 35.6 Å². The Kier molecular flexibility index (Phi) is 3.58. The van der Waals surface area contributed by atoms with Gasteiger partial charge in [0.2, 0.25) is 0 Å². The van der Waals surface area contributed by atoms with Crippen molar-refractivity contribution < 1.29 is 9.60 Å². The number of halogens is 1. The molecule has 0 radical (unpaired) electrons. The maximum Gasteiger partial charge on any atom is 0.156 e. The molecule has 5 heteroatoms. The van der Waals surface area contributed by atoms with E-state index in [0.29, 0.717) is 6.54 Å². The number of amidine groups is 1. The Morgan fingerprint density at radius 1 is 1.59 bits per heavy atom. The van der Waals surface area contributed by atoms with Gasteiger partial charge in [-0.1, -0.05) is 17.3 Å². The number of nitrogens with zero attached hydrogens (tertiary/aromatic N) is 2. The average molecular weight is 237 g/mol. The number of likely N-dealkylation sites (tertiary alicyclic amines) is 1. The van der Waals surface area contributed by atoms with Crippen LogP contribution in [0.3, 0.4) is 0 Å². The molecule has 1 heterocycles. The van der Waals surface area contributed by atoms with Crippen molar-refractivity contribution in [3.8, 4) is 0 Å². The Labute approximate surface area is 99.5 Å². The summed E-state index contributed by atoms with van der Waals surface area (Å²) in [5.41, 5.74) is 6.54. The Morgan fingerprint density at radius 2 is 2.41 bits per heavy atom. The summed E-state index contributed by atoms with van der Waals surface area (Å²) in [4.78, 5) is 2.10. The summed E-state index contributed by atoms with van der Waals surface area (Å²) in [6.45, 7) is 1.51. The summed E-state index contributed by atoms with van der Waals surface area (Å²) in [6.07, 6.45) is 1.89. The number of hydrogen-bond acceptors (Lipinski definition) is 3. The Morgan fingerprint density at radius 3 is 3.12 bits per heavy atom. The molecule has 0 saturated carbocycles. The highest BCUT2D eigenvalue weighted by molar-refractivity contribution is 5.85. The fourth-order valence-electron chi connectivity index (χ4n) is 2.29. The third-order valence-electron chi connectivity index (χ3n) is 3.10. The van der Waals surface area contributed by atoms with Gasteiger partial charge in [0.1, 0.15) is 5.82 Å². The van der Waals surface area contributed by atoms with Gasteiger partial charge in [-0.3, -0.25) is 4.90 Å². The maximum absolute atomic E-state index is 13.1. The van der Waals surface area contributed by atoms with Crippen LogP contribution in [0.2, 0.25) is 0 Å². The monoisotopic (exact) mass is 237 g/mol. The smallest absolute Gasteiger partial charge is 0.156 e. The van der Waals surface area contributed by atoms with Crippen LogP contribution in [0.4, 0.5) is 4.39 Å². The molecule has 2 rings (SSSR count). The summed E-state index contributed by atoms with van der Waals surface area (Å²) in [5.74, 6) is 0.000877. The second kappa shape index (κ2) is 5.14. The van der Waals surface area contributed by atoms with Crippen LogP contribution in [0.25, 0.3) is 0 Å². The van der Waals surface area contributed by atoms with Crippen LogP contribution in [0.5, 0.6) is 0 Å². The SMILES string of the molecule is NC(=NO)C1CCCN1Cc1cccc(F)c1. The van der Waals surface area contributed by atoms with Crippen molar-refractivity contribution >= 4 is 5.84 Å². The molecular weight excluding hydrogens is 221 g/mol. The van der Waals surface area contributed by atoms with Crippen molar-refractivity contribution in [2.24, 2.45) is 10.9 Å². The van der Waals surface area contributed by atoms with E-state index in [0.717, 1.165) is 24.9 Å². The van der Waals surface area contributed by atoms with Crippen molar-refractivity contribution in [1.29, 1.82) is 0 Å². The molecule has 0 bridgehead atoms. The normalized spacial score (nSPS) is 21.9. The van der Waals surface area contributed by atoms with Gasteiger partial charge in [-0.25, -0.2) is 4.39 Å². The average Bonchev–Trinajstić information content (AvgIpc) is 2.76. The second-order valence-corrected chi connectivity index (χ2v) is 4.28. The van der Waals surface area contributed by atoms with Gasteiger partial charge < -0.3 is 10.9 Å². The molecule has 1 fully saturated rings. The molecule has 0 aliphatic carbocycles. The highest BCUT2D eigenvalue weighted by Gasteiger charge is 2.27. The minimum atomic E-state index is -0.234. The van der Waals surface area contributed by atoms with Crippen molar-refractivity contribution in [2.45, 2.75) is 25.4 Å². The predicted molar refractivity (Wildman–Crippen MR) is 63.2 cm³/mol. The molecule has 1 aliphatic rings.